The van der Waals surface area contributed by atoms with Gasteiger partial charge in [0.1, 0.15) is 11.3 Å². The lowest BCUT2D eigenvalue weighted by Gasteiger charge is -2.17. The fourth-order valence-electron chi connectivity index (χ4n) is 4.33. The average Bonchev–Trinajstić information content (AvgIpc) is 3.51. The first-order valence-electron chi connectivity index (χ1n) is 11.1. The Morgan fingerprint density at radius 1 is 1.06 bits per heavy atom. The number of nitrogens with zero attached hydrogens (tertiary/aromatic N) is 2. The number of anilines is 1. The highest BCUT2D eigenvalue weighted by atomic mass is 35.5. The molecule has 33 heavy (non-hydrogen) atoms. The van der Waals surface area contributed by atoms with Crippen molar-refractivity contribution in [2.45, 2.75) is 12.8 Å². The van der Waals surface area contributed by atoms with E-state index in [1.165, 1.54) is 19.1 Å². The van der Waals surface area contributed by atoms with Gasteiger partial charge in [0.05, 0.1) is 5.39 Å². The molecule has 0 atom stereocenters. The molecule has 3 heterocycles. The summed E-state index contributed by atoms with van der Waals surface area (Å²) >= 11 is 5.98. The lowest BCUT2D eigenvalue weighted by molar-refractivity contribution is 0.352. The molecule has 0 saturated carbocycles. The van der Waals surface area contributed by atoms with E-state index in [2.05, 4.69) is 10.2 Å². The van der Waals surface area contributed by atoms with Gasteiger partial charge in [0, 0.05) is 53.0 Å². The van der Waals surface area contributed by atoms with E-state index in [1.807, 2.05) is 30.3 Å². The molecule has 4 aromatic rings. The summed E-state index contributed by atoms with van der Waals surface area (Å²) in [6, 6.07) is 16.6. The molecule has 1 aliphatic heterocycles. The van der Waals surface area contributed by atoms with Gasteiger partial charge in [-0.25, -0.2) is 0 Å². The first-order valence-corrected chi connectivity index (χ1v) is 11.5. The van der Waals surface area contributed by atoms with Crippen molar-refractivity contribution in [1.29, 1.82) is 5.41 Å². The van der Waals surface area contributed by atoms with Crippen LogP contribution in [0.15, 0.2) is 70.0 Å². The molecule has 168 valence electrons. The maximum absolute atomic E-state index is 13.2. The number of hydrogen-bond donors (Lipinski definition) is 2. The molecule has 1 aliphatic rings. The number of furan rings is 1. The highest BCUT2D eigenvalue weighted by molar-refractivity contribution is 6.30. The molecular weight excluding hydrogens is 436 g/mol. The van der Waals surface area contributed by atoms with Gasteiger partial charge in [0.2, 0.25) is 0 Å². The van der Waals surface area contributed by atoms with Gasteiger partial charge in [-0.3, -0.25) is 9.36 Å². The molecule has 5 rings (SSSR count). The second-order valence-corrected chi connectivity index (χ2v) is 8.71. The van der Waals surface area contributed by atoms with Crippen LogP contribution in [0.25, 0.3) is 28.0 Å². The molecule has 0 aliphatic carbocycles. The summed E-state index contributed by atoms with van der Waals surface area (Å²) in [5.41, 5.74) is 3.58. The van der Waals surface area contributed by atoms with Gasteiger partial charge in [-0.1, -0.05) is 11.6 Å². The van der Waals surface area contributed by atoms with Gasteiger partial charge < -0.3 is 20.0 Å². The fourth-order valence-corrected chi connectivity index (χ4v) is 4.46. The topological polar surface area (TPSA) is 74.3 Å². The third kappa shape index (κ3) is 4.45. The molecule has 2 N–H and O–H groups in total. The standard InChI is InChI=1S/C26H25ClN4O2/c27-20-5-3-18(4-6-20)25-16-22-24(33-25)9-13-31(26(22)32)21-7-8-23(19(15-21)17-28)29-10-14-30-11-1-2-12-30/h3-9,13,15-17,28-29H,1-2,10-12,14H2. The Kier molecular flexibility index (Phi) is 6.03. The van der Waals surface area contributed by atoms with Gasteiger partial charge in [-0.05, 0) is 80.5 Å². The molecule has 0 bridgehead atoms. The van der Waals surface area contributed by atoms with Crippen LogP contribution in [-0.2, 0) is 0 Å². The highest BCUT2D eigenvalue weighted by Gasteiger charge is 2.14. The van der Waals surface area contributed by atoms with Crippen molar-refractivity contribution in [2.24, 2.45) is 0 Å². The van der Waals surface area contributed by atoms with E-state index in [1.54, 1.807) is 35.0 Å². The van der Waals surface area contributed by atoms with Gasteiger partial charge in [-0.2, -0.15) is 0 Å². The molecule has 0 radical (unpaired) electrons. The minimum absolute atomic E-state index is 0.165. The minimum Gasteiger partial charge on any atom is -0.456 e. The smallest absolute Gasteiger partial charge is 0.266 e. The Labute approximate surface area is 196 Å². The van der Waals surface area contributed by atoms with E-state index in [0.717, 1.165) is 43.0 Å². The van der Waals surface area contributed by atoms with Crippen LogP contribution < -0.4 is 10.9 Å². The second-order valence-electron chi connectivity index (χ2n) is 8.28. The molecule has 1 saturated heterocycles. The molecule has 0 spiro atoms. The summed E-state index contributed by atoms with van der Waals surface area (Å²) in [4.78, 5) is 15.7. The molecule has 6 nitrogen and oxygen atoms in total. The number of benzene rings is 2. The number of pyridine rings is 1. The van der Waals surface area contributed by atoms with Gasteiger partial charge in [-0.15, -0.1) is 0 Å². The zero-order valence-corrected chi connectivity index (χ0v) is 18.9. The van der Waals surface area contributed by atoms with Gasteiger partial charge in [0.25, 0.3) is 5.56 Å². The Morgan fingerprint density at radius 3 is 2.61 bits per heavy atom. The quantitative estimate of drug-likeness (QED) is 0.362. The summed E-state index contributed by atoms with van der Waals surface area (Å²) < 4.78 is 7.50. The highest BCUT2D eigenvalue weighted by Crippen LogP contribution is 2.27. The van der Waals surface area contributed by atoms with Gasteiger partial charge >= 0.3 is 0 Å². The predicted octanol–water partition coefficient (Wildman–Crippen LogP) is 5.41. The van der Waals surface area contributed by atoms with E-state index in [9.17, 15) is 4.79 Å². The van der Waals surface area contributed by atoms with Crippen molar-refractivity contribution in [3.8, 4) is 17.0 Å². The zero-order chi connectivity index (χ0) is 22.8. The van der Waals surface area contributed by atoms with E-state index >= 15 is 0 Å². The number of rotatable bonds is 7. The number of nitrogens with one attached hydrogen (secondary N) is 2. The molecule has 0 unspecified atom stereocenters. The molecular formula is C26H25ClN4O2. The Balaban J connectivity index is 1.41. The largest absolute Gasteiger partial charge is 0.456 e. The van der Waals surface area contributed by atoms with Crippen molar-refractivity contribution in [3.63, 3.8) is 0 Å². The molecule has 0 amide bonds. The summed E-state index contributed by atoms with van der Waals surface area (Å²) in [6.45, 7) is 4.15. The third-order valence-corrected chi connectivity index (χ3v) is 6.38. The first-order chi connectivity index (χ1) is 16.1. The summed E-state index contributed by atoms with van der Waals surface area (Å²) in [5, 5.41) is 12.4. The fraction of sp³-hybridized carbons (Fsp3) is 0.231. The maximum atomic E-state index is 13.2. The predicted molar refractivity (Wildman–Crippen MR) is 134 cm³/mol. The van der Waals surface area contributed by atoms with Crippen molar-refractivity contribution in [2.75, 3.05) is 31.5 Å². The molecule has 2 aromatic carbocycles. The van der Waals surface area contributed by atoms with Gasteiger partial charge in [0.15, 0.2) is 0 Å². The van der Waals surface area contributed by atoms with E-state index in [0.29, 0.717) is 27.4 Å². The molecule has 1 fully saturated rings. The van der Waals surface area contributed by atoms with Crippen LogP contribution in [-0.4, -0.2) is 41.9 Å². The van der Waals surface area contributed by atoms with E-state index in [-0.39, 0.29) is 5.56 Å². The molecule has 7 heteroatoms. The van der Waals surface area contributed by atoms with Crippen LogP contribution in [0.5, 0.6) is 0 Å². The van der Waals surface area contributed by atoms with Crippen LogP contribution in [0.2, 0.25) is 5.02 Å². The van der Waals surface area contributed by atoms with Crippen LogP contribution in [0.1, 0.15) is 18.4 Å². The second kappa shape index (κ2) is 9.25. The first kappa shape index (κ1) is 21.5. The number of hydrogen-bond acceptors (Lipinski definition) is 5. The molecule has 2 aromatic heterocycles. The summed E-state index contributed by atoms with van der Waals surface area (Å²) in [6.07, 6.45) is 5.58. The number of likely N-dealkylation sites (tertiary alicyclic amines) is 1. The Bertz CT molecular complexity index is 1350. The summed E-state index contributed by atoms with van der Waals surface area (Å²) in [7, 11) is 0. The SMILES string of the molecule is N=Cc1cc(-n2ccc3oc(-c4ccc(Cl)cc4)cc3c2=O)ccc1NCCN1CCCC1. The van der Waals surface area contributed by atoms with Crippen molar-refractivity contribution < 1.29 is 4.42 Å². The zero-order valence-electron chi connectivity index (χ0n) is 18.2. The minimum atomic E-state index is -0.165. The van der Waals surface area contributed by atoms with E-state index in [4.69, 9.17) is 21.4 Å². The van der Waals surface area contributed by atoms with Crippen LogP contribution in [0.4, 0.5) is 5.69 Å². The average molecular weight is 461 g/mol. The summed E-state index contributed by atoms with van der Waals surface area (Å²) in [5.74, 6) is 0.620. The number of halogens is 1. The van der Waals surface area contributed by atoms with Crippen molar-refractivity contribution in [1.82, 2.24) is 9.47 Å². The van der Waals surface area contributed by atoms with Crippen molar-refractivity contribution >= 4 is 34.5 Å². The monoisotopic (exact) mass is 460 g/mol. The Hall–Kier alpha value is -3.35. The van der Waals surface area contributed by atoms with Crippen LogP contribution in [0, 0.1) is 5.41 Å². The lowest BCUT2D eigenvalue weighted by atomic mass is 10.1. The van der Waals surface area contributed by atoms with Crippen LogP contribution in [0.3, 0.4) is 0 Å². The third-order valence-electron chi connectivity index (χ3n) is 6.12. The lowest BCUT2D eigenvalue weighted by Crippen LogP contribution is -2.26. The Morgan fingerprint density at radius 2 is 1.85 bits per heavy atom. The normalized spacial score (nSPS) is 14.1. The van der Waals surface area contributed by atoms with E-state index < -0.39 is 0 Å². The van der Waals surface area contributed by atoms with Crippen molar-refractivity contribution in [3.05, 3.63) is 81.7 Å². The number of fused-ring (bicyclic) bond motifs is 1. The number of aromatic nitrogens is 1. The van der Waals surface area contributed by atoms with Crippen LogP contribution >= 0.6 is 11.6 Å². The maximum Gasteiger partial charge on any atom is 0.266 e.